The second-order valence-electron chi connectivity index (χ2n) is 3.74. The number of aromatic carboxylic acids is 1. The molecule has 3 N–H and O–H groups in total. The van der Waals surface area contributed by atoms with E-state index in [0.29, 0.717) is 16.9 Å². The van der Waals surface area contributed by atoms with E-state index in [4.69, 9.17) is 10.2 Å². The summed E-state index contributed by atoms with van der Waals surface area (Å²) in [6.07, 6.45) is 0. The number of aromatic nitrogens is 2. The molecule has 0 amide bonds. The number of benzene rings is 1. The Hall–Kier alpha value is -1.88. The van der Waals surface area contributed by atoms with Crippen LogP contribution in [0.2, 0.25) is 0 Å². The van der Waals surface area contributed by atoms with Gasteiger partial charge in [-0.05, 0) is 18.2 Å². The normalized spacial score (nSPS) is 12.9. The van der Waals surface area contributed by atoms with Crippen LogP contribution in [0.4, 0.5) is 0 Å². The van der Waals surface area contributed by atoms with Gasteiger partial charge in [-0.1, -0.05) is 6.92 Å². The first kappa shape index (κ1) is 10.6. The van der Waals surface area contributed by atoms with E-state index >= 15 is 0 Å². The van der Waals surface area contributed by atoms with Crippen molar-refractivity contribution in [2.24, 2.45) is 0 Å². The summed E-state index contributed by atoms with van der Waals surface area (Å²) in [5.74, 6) is -0.381. The average Bonchev–Trinajstić information content (AvgIpc) is 2.70. The van der Waals surface area contributed by atoms with Crippen LogP contribution >= 0.6 is 0 Å². The van der Waals surface area contributed by atoms with Crippen LogP contribution in [0.15, 0.2) is 18.2 Å². The molecule has 0 aliphatic heterocycles. The van der Waals surface area contributed by atoms with Crippen molar-refractivity contribution in [1.29, 1.82) is 0 Å². The van der Waals surface area contributed by atoms with E-state index in [0.717, 1.165) is 0 Å². The van der Waals surface area contributed by atoms with Crippen LogP contribution in [0.5, 0.6) is 0 Å². The molecule has 0 saturated heterocycles. The number of hydrogen-bond donors (Lipinski definition) is 3. The van der Waals surface area contributed by atoms with Gasteiger partial charge in [0.15, 0.2) is 0 Å². The van der Waals surface area contributed by atoms with Gasteiger partial charge >= 0.3 is 5.97 Å². The molecule has 0 aliphatic carbocycles. The molecule has 0 saturated carbocycles. The first-order chi connectivity index (χ1) is 7.61. The zero-order chi connectivity index (χ0) is 11.7. The molecule has 2 rings (SSSR count). The fourth-order valence-electron chi connectivity index (χ4n) is 1.48. The van der Waals surface area contributed by atoms with Crippen LogP contribution in [0.1, 0.15) is 29.0 Å². The van der Waals surface area contributed by atoms with Crippen molar-refractivity contribution in [1.82, 2.24) is 9.97 Å². The molecule has 0 bridgehead atoms. The van der Waals surface area contributed by atoms with Crippen LogP contribution in [0.3, 0.4) is 0 Å². The Morgan fingerprint density at radius 1 is 1.56 bits per heavy atom. The number of hydrogen-bond acceptors (Lipinski definition) is 3. The SMILES string of the molecule is CC(CO)c1nc2ccc(C(=O)O)cc2[nH]1. The standard InChI is InChI=1S/C11H12N2O3/c1-6(5-14)10-12-8-3-2-7(11(15)16)4-9(8)13-10/h2-4,6,14H,5H2,1H3,(H,12,13)(H,15,16). The van der Waals surface area contributed by atoms with Gasteiger partial charge in [-0.2, -0.15) is 0 Å². The summed E-state index contributed by atoms with van der Waals surface area (Å²) in [6, 6.07) is 4.71. The van der Waals surface area contributed by atoms with Gasteiger partial charge in [-0.3, -0.25) is 0 Å². The molecule has 0 aliphatic rings. The lowest BCUT2D eigenvalue weighted by Gasteiger charge is -2.01. The number of aliphatic hydroxyl groups excluding tert-OH is 1. The number of imidazole rings is 1. The number of carbonyl (C=O) groups is 1. The Kier molecular flexibility index (Phi) is 2.62. The average molecular weight is 220 g/mol. The van der Waals surface area contributed by atoms with E-state index in [9.17, 15) is 4.79 Å². The van der Waals surface area contributed by atoms with Crippen molar-refractivity contribution in [2.75, 3.05) is 6.61 Å². The topological polar surface area (TPSA) is 86.2 Å². The van der Waals surface area contributed by atoms with Crippen molar-refractivity contribution >= 4 is 17.0 Å². The number of rotatable bonds is 3. The maximum absolute atomic E-state index is 10.8. The highest BCUT2D eigenvalue weighted by Gasteiger charge is 2.11. The van der Waals surface area contributed by atoms with Crippen molar-refractivity contribution in [3.8, 4) is 0 Å². The molecule has 0 fully saturated rings. The molecule has 2 aromatic rings. The number of aliphatic hydroxyl groups is 1. The Balaban J connectivity index is 2.49. The van der Waals surface area contributed by atoms with Gasteiger partial charge in [0.1, 0.15) is 5.82 Å². The van der Waals surface area contributed by atoms with E-state index in [1.54, 1.807) is 6.07 Å². The van der Waals surface area contributed by atoms with Crippen molar-refractivity contribution in [2.45, 2.75) is 12.8 Å². The van der Waals surface area contributed by atoms with Crippen LogP contribution in [0, 0.1) is 0 Å². The zero-order valence-corrected chi connectivity index (χ0v) is 8.77. The van der Waals surface area contributed by atoms with Gasteiger partial charge in [-0.15, -0.1) is 0 Å². The zero-order valence-electron chi connectivity index (χ0n) is 8.77. The van der Waals surface area contributed by atoms with E-state index in [2.05, 4.69) is 9.97 Å². The van der Waals surface area contributed by atoms with Gasteiger partial charge in [-0.25, -0.2) is 9.78 Å². The number of aromatic amines is 1. The lowest BCUT2D eigenvalue weighted by molar-refractivity contribution is 0.0697. The molecule has 1 heterocycles. The Bertz CT molecular complexity index is 533. The number of nitrogens with zero attached hydrogens (tertiary/aromatic N) is 1. The molecule has 0 spiro atoms. The summed E-state index contributed by atoms with van der Waals surface area (Å²) < 4.78 is 0. The van der Waals surface area contributed by atoms with Crippen LogP contribution in [0.25, 0.3) is 11.0 Å². The predicted octanol–water partition coefficient (Wildman–Crippen LogP) is 1.36. The fourth-order valence-corrected chi connectivity index (χ4v) is 1.48. The minimum Gasteiger partial charge on any atom is -0.478 e. The van der Waals surface area contributed by atoms with Gasteiger partial charge in [0.05, 0.1) is 23.2 Å². The molecule has 16 heavy (non-hydrogen) atoms. The van der Waals surface area contributed by atoms with Crippen LogP contribution in [-0.2, 0) is 0 Å². The minimum atomic E-state index is -0.965. The highest BCUT2D eigenvalue weighted by molar-refractivity contribution is 5.92. The van der Waals surface area contributed by atoms with Crippen molar-refractivity contribution < 1.29 is 15.0 Å². The third kappa shape index (κ3) is 1.77. The highest BCUT2D eigenvalue weighted by atomic mass is 16.4. The quantitative estimate of drug-likeness (QED) is 0.728. The maximum atomic E-state index is 10.8. The largest absolute Gasteiger partial charge is 0.478 e. The van der Waals surface area contributed by atoms with E-state index in [1.165, 1.54) is 12.1 Å². The molecule has 1 unspecified atom stereocenters. The summed E-state index contributed by atoms with van der Waals surface area (Å²) in [5.41, 5.74) is 1.61. The predicted molar refractivity (Wildman–Crippen MR) is 58.6 cm³/mol. The molecule has 1 aromatic carbocycles. The van der Waals surface area contributed by atoms with Gasteiger partial charge < -0.3 is 15.2 Å². The summed E-state index contributed by atoms with van der Waals surface area (Å²) in [5, 5.41) is 17.8. The number of H-pyrrole nitrogens is 1. The first-order valence-electron chi connectivity index (χ1n) is 4.95. The van der Waals surface area contributed by atoms with Gasteiger partial charge in [0.25, 0.3) is 0 Å². The van der Waals surface area contributed by atoms with Crippen molar-refractivity contribution in [3.63, 3.8) is 0 Å². The summed E-state index contributed by atoms with van der Waals surface area (Å²) in [4.78, 5) is 18.0. The van der Waals surface area contributed by atoms with E-state index in [-0.39, 0.29) is 18.1 Å². The summed E-state index contributed by atoms with van der Waals surface area (Å²) >= 11 is 0. The Morgan fingerprint density at radius 3 is 2.94 bits per heavy atom. The molecule has 0 radical (unpaired) electrons. The maximum Gasteiger partial charge on any atom is 0.335 e. The Labute approximate surface area is 91.8 Å². The Morgan fingerprint density at radius 2 is 2.31 bits per heavy atom. The number of carboxylic acid groups (broad SMARTS) is 1. The highest BCUT2D eigenvalue weighted by Crippen LogP contribution is 2.18. The lowest BCUT2D eigenvalue weighted by Crippen LogP contribution is -2.00. The van der Waals surface area contributed by atoms with Gasteiger partial charge in [0.2, 0.25) is 0 Å². The molecular weight excluding hydrogens is 208 g/mol. The molecule has 1 aromatic heterocycles. The number of nitrogens with one attached hydrogen (secondary N) is 1. The third-order valence-electron chi connectivity index (χ3n) is 2.49. The molecule has 5 nitrogen and oxygen atoms in total. The summed E-state index contributed by atoms with van der Waals surface area (Å²) in [6.45, 7) is 1.85. The molecule has 5 heteroatoms. The van der Waals surface area contributed by atoms with E-state index < -0.39 is 5.97 Å². The summed E-state index contributed by atoms with van der Waals surface area (Å²) in [7, 11) is 0. The number of fused-ring (bicyclic) bond motifs is 1. The van der Waals surface area contributed by atoms with Crippen molar-refractivity contribution in [3.05, 3.63) is 29.6 Å². The minimum absolute atomic E-state index is 0.00557. The molecule has 1 atom stereocenters. The van der Waals surface area contributed by atoms with E-state index in [1.807, 2.05) is 6.92 Å². The smallest absolute Gasteiger partial charge is 0.335 e. The molecule has 84 valence electrons. The monoisotopic (exact) mass is 220 g/mol. The second kappa shape index (κ2) is 3.94. The fraction of sp³-hybridized carbons (Fsp3) is 0.273. The third-order valence-corrected chi connectivity index (χ3v) is 2.49. The first-order valence-corrected chi connectivity index (χ1v) is 4.95. The number of carboxylic acids is 1. The molecular formula is C11H12N2O3. The lowest BCUT2D eigenvalue weighted by atomic mass is 10.2. The van der Waals surface area contributed by atoms with Crippen LogP contribution < -0.4 is 0 Å². The van der Waals surface area contributed by atoms with Gasteiger partial charge in [0, 0.05) is 5.92 Å². The second-order valence-corrected chi connectivity index (χ2v) is 3.74. The van der Waals surface area contributed by atoms with Crippen LogP contribution in [-0.4, -0.2) is 32.8 Å².